The summed E-state index contributed by atoms with van der Waals surface area (Å²) in [6.07, 6.45) is 1.59. The summed E-state index contributed by atoms with van der Waals surface area (Å²) in [4.78, 5) is 14.6. The number of hydrogen-bond acceptors (Lipinski definition) is 7. The number of hydrogen-bond donors (Lipinski definition) is 0. The van der Waals surface area contributed by atoms with E-state index in [9.17, 15) is 10.1 Å². The summed E-state index contributed by atoms with van der Waals surface area (Å²) in [7, 11) is 0. The number of nitrogens with zero attached hydrogens (tertiary/aromatic N) is 6. The van der Waals surface area contributed by atoms with Gasteiger partial charge in [0.05, 0.1) is 17.7 Å². The topological polar surface area (TPSA) is 112 Å². The first kappa shape index (κ1) is 13.3. The minimum Gasteiger partial charge on any atom is -0.463 e. The molecule has 1 aliphatic heterocycles. The average molecular weight is 310 g/mol. The highest BCUT2D eigenvalue weighted by molar-refractivity contribution is 6.11. The van der Waals surface area contributed by atoms with Gasteiger partial charge in [0.25, 0.3) is 5.69 Å². The standard InChI is InChI=1S/C14H10N6O3/c21-20(22)10-5-3-9(4-6-10)8-19-14(16-17-18-19)13-12(15-13)11-2-1-7-23-11/h1-7,13H,8H2. The first-order valence-corrected chi connectivity index (χ1v) is 6.83. The first-order chi connectivity index (χ1) is 11.2. The quantitative estimate of drug-likeness (QED) is 0.524. The molecule has 23 heavy (non-hydrogen) atoms. The number of non-ortho nitro benzene ring substituents is 1. The second kappa shape index (κ2) is 5.13. The molecular weight excluding hydrogens is 300 g/mol. The molecule has 0 aliphatic carbocycles. The summed E-state index contributed by atoms with van der Waals surface area (Å²) in [5.74, 6) is 1.33. The Morgan fingerprint density at radius 3 is 2.78 bits per heavy atom. The first-order valence-electron chi connectivity index (χ1n) is 6.83. The molecule has 0 spiro atoms. The lowest BCUT2D eigenvalue weighted by molar-refractivity contribution is -0.384. The summed E-state index contributed by atoms with van der Waals surface area (Å²) >= 11 is 0. The number of aromatic nitrogens is 4. The van der Waals surface area contributed by atoms with Crippen molar-refractivity contribution < 1.29 is 9.34 Å². The lowest BCUT2D eigenvalue weighted by Gasteiger charge is -2.03. The van der Waals surface area contributed by atoms with Crippen LogP contribution in [0.1, 0.15) is 23.2 Å². The van der Waals surface area contributed by atoms with E-state index in [1.807, 2.05) is 6.07 Å². The van der Waals surface area contributed by atoms with Crippen LogP contribution in [0.2, 0.25) is 0 Å². The van der Waals surface area contributed by atoms with Gasteiger partial charge in [-0.15, -0.1) is 5.10 Å². The number of benzene rings is 1. The zero-order valence-corrected chi connectivity index (χ0v) is 11.7. The van der Waals surface area contributed by atoms with Crippen molar-refractivity contribution >= 4 is 11.4 Å². The van der Waals surface area contributed by atoms with E-state index in [-0.39, 0.29) is 11.7 Å². The lowest BCUT2D eigenvalue weighted by atomic mass is 10.2. The predicted octanol–water partition coefficient (Wildman–Crippen LogP) is 1.77. The molecule has 9 heteroatoms. The third-order valence-electron chi connectivity index (χ3n) is 3.52. The van der Waals surface area contributed by atoms with E-state index < -0.39 is 4.92 Å². The SMILES string of the molecule is O=[N+]([O-])c1ccc(Cn2nnnc2C2N=C2c2ccco2)cc1. The number of rotatable bonds is 5. The minimum absolute atomic E-state index is 0.0521. The fourth-order valence-corrected chi connectivity index (χ4v) is 2.32. The maximum Gasteiger partial charge on any atom is 0.269 e. The van der Waals surface area contributed by atoms with Crippen molar-refractivity contribution in [1.82, 2.24) is 20.2 Å². The Morgan fingerprint density at radius 1 is 1.26 bits per heavy atom. The number of furan rings is 1. The van der Waals surface area contributed by atoms with E-state index in [4.69, 9.17) is 4.42 Å². The molecule has 3 heterocycles. The van der Waals surface area contributed by atoms with Crippen LogP contribution in [0, 0.1) is 10.1 Å². The van der Waals surface area contributed by atoms with Gasteiger partial charge in [-0.3, -0.25) is 15.1 Å². The van der Waals surface area contributed by atoms with Crippen LogP contribution >= 0.6 is 0 Å². The maximum atomic E-state index is 10.7. The summed E-state index contributed by atoms with van der Waals surface area (Å²) in [6.45, 7) is 0.414. The Hall–Kier alpha value is -3.36. The summed E-state index contributed by atoms with van der Waals surface area (Å²) < 4.78 is 6.94. The van der Waals surface area contributed by atoms with Crippen molar-refractivity contribution in [3.05, 3.63) is 69.9 Å². The molecule has 2 aromatic heterocycles. The van der Waals surface area contributed by atoms with Crippen molar-refractivity contribution in [2.24, 2.45) is 4.99 Å². The predicted molar refractivity (Wildman–Crippen MR) is 78.0 cm³/mol. The molecule has 0 bridgehead atoms. The second-order valence-corrected chi connectivity index (χ2v) is 5.01. The normalized spacial score (nSPS) is 16.2. The van der Waals surface area contributed by atoms with E-state index in [0.29, 0.717) is 18.1 Å². The molecular formula is C14H10N6O3. The van der Waals surface area contributed by atoms with Gasteiger partial charge in [-0.25, -0.2) is 4.68 Å². The monoisotopic (exact) mass is 310 g/mol. The molecule has 9 nitrogen and oxygen atoms in total. The van der Waals surface area contributed by atoms with E-state index >= 15 is 0 Å². The van der Waals surface area contributed by atoms with Crippen molar-refractivity contribution in [3.63, 3.8) is 0 Å². The molecule has 0 amide bonds. The van der Waals surface area contributed by atoms with Gasteiger partial charge in [0.15, 0.2) is 11.9 Å². The van der Waals surface area contributed by atoms with Gasteiger partial charge in [0, 0.05) is 12.1 Å². The van der Waals surface area contributed by atoms with Gasteiger partial charge < -0.3 is 4.42 Å². The van der Waals surface area contributed by atoms with Gasteiger partial charge in [0.2, 0.25) is 0 Å². The van der Waals surface area contributed by atoms with Gasteiger partial charge in [-0.05, 0) is 28.1 Å². The molecule has 114 valence electrons. The molecule has 1 aliphatic rings. The molecule has 0 saturated heterocycles. The number of tetrazole rings is 1. The fraction of sp³-hybridized carbons (Fsp3) is 0.143. The third-order valence-corrected chi connectivity index (χ3v) is 3.52. The smallest absolute Gasteiger partial charge is 0.269 e. The van der Waals surface area contributed by atoms with Crippen molar-refractivity contribution in [2.45, 2.75) is 12.6 Å². The van der Waals surface area contributed by atoms with Gasteiger partial charge >= 0.3 is 0 Å². The highest BCUT2D eigenvalue weighted by Gasteiger charge is 2.37. The Bertz CT molecular complexity index is 882. The number of nitro benzene ring substituents is 1. The molecule has 0 saturated carbocycles. The minimum atomic E-state index is -0.431. The summed E-state index contributed by atoms with van der Waals surface area (Å²) in [6, 6.07) is 9.73. The Kier molecular flexibility index (Phi) is 2.97. The van der Waals surface area contributed by atoms with E-state index in [2.05, 4.69) is 20.5 Å². The van der Waals surface area contributed by atoms with Crippen molar-refractivity contribution in [3.8, 4) is 0 Å². The van der Waals surface area contributed by atoms with Crippen LogP contribution in [0.15, 0.2) is 52.1 Å². The largest absolute Gasteiger partial charge is 0.463 e. The zero-order chi connectivity index (χ0) is 15.8. The van der Waals surface area contributed by atoms with Crippen LogP contribution in [0.4, 0.5) is 5.69 Å². The number of nitro groups is 1. The molecule has 0 fully saturated rings. The molecule has 1 unspecified atom stereocenters. The van der Waals surface area contributed by atoms with E-state index in [1.165, 1.54) is 12.1 Å². The Morgan fingerprint density at radius 2 is 2.09 bits per heavy atom. The molecule has 1 aromatic carbocycles. The van der Waals surface area contributed by atoms with Crippen LogP contribution < -0.4 is 0 Å². The fourth-order valence-electron chi connectivity index (χ4n) is 2.32. The Balaban J connectivity index is 1.51. The van der Waals surface area contributed by atoms with Crippen molar-refractivity contribution in [1.29, 1.82) is 0 Å². The highest BCUT2D eigenvalue weighted by Crippen LogP contribution is 2.33. The van der Waals surface area contributed by atoms with Crippen LogP contribution in [-0.2, 0) is 6.54 Å². The van der Waals surface area contributed by atoms with Crippen molar-refractivity contribution in [2.75, 3.05) is 0 Å². The van der Waals surface area contributed by atoms with Crippen LogP contribution in [0.5, 0.6) is 0 Å². The molecule has 3 aromatic rings. The summed E-state index contributed by atoms with van der Waals surface area (Å²) in [5.41, 5.74) is 1.73. The van der Waals surface area contributed by atoms with E-state index in [0.717, 1.165) is 11.3 Å². The summed E-state index contributed by atoms with van der Waals surface area (Å²) in [5, 5.41) is 22.3. The number of aliphatic imine (C=N–C) groups is 1. The van der Waals surface area contributed by atoms with Crippen LogP contribution in [0.25, 0.3) is 0 Å². The van der Waals surface area contributed by atoms with Gasteiger partial charge in [-0.1, -0.05) is 12.1 Å². The molecule has 0 N–H and O–H groups in total. The molecule has 4 rings (SSSR count). The van der Waals surface area contributed by atoms with Gasteiger partial charge in [0.1, 0.15) is 11.5 Å². The highest BCUT2D eigenvalue weighted by atomic mass is 16.6. The van der Waals surface area contributed by atoms with Crippen LogP contribution in [-0.4, -0.2) is 30.8 Å². The Labute approximate surface area is 129 Å². The maximum absolute atomic E-state index is 10.7. The van der Waals surface area contributed by atoms with Gasteiger partial charge in [-0.2, -0.15) is 0 Å². The zero-order valence-electron chi connectivity index (χ0n) is 11.7. The molecule has 0 radical (unpaired) electrons. The second-order valence-electron chi connectivity index (χ2n) is 5.01. The molecule has 1 atom stereocenters. The lowest BCUT2D eigenvalue weighted by Crippen LogP contribution is -2.08. The van der Waals surface area contributed by atoms with E-state index in [1.54, 1.807) is 29.1 Å². The average Bonchev–Trinajstić information content (AvgIpc) is 2.98. The van der Waals surface area contributed by atoms with Crippen LogP contribution in [0.3, 0.4) is 0 Å². The third kappa shape index (κ3) is 2.48.